The van der Waals surface area contributed by atoms with Gasteiger partial charge in [-0.3, -0.25) is 0 Å². The molecule has 1 rings (SSSR count). The van der Waals surface area contributed by atoms with Crippen molar-refractivity contribution in [3.8, 4) is 0 Å². The van der Waals surface area contributed by atoms with Crippen LogP contribution in [0.1, 0.15) is 25.6 Å². The monoisotopic (exact) mass is 228 g/mol. The lowest BCUT2D eigenvalue weighted by Gasteiger charge is -2.07. The summed E-state index contributed by atoms with van der Waals surface area (Å²) in [7, 11) is 0. The topological polar surface area (TPSA) is 37.3 Å². The smallest absolute Gasteiger partial charge is 0.343 e. The quantitative estimate of drug-likeness (QED) is 0.803. The molecule has 1 aromatic carbocycles. The molecular formula is C11H13FO2S. The number of halogens is 1. The molecule has 1 unspecified atom stereocenters. The van der Waals surface area contributed by atoms with Gasteiger partial charge in [-0.15, -0.1) is 11.8 Å². The second-order valence-corrected chi connectivity index (χ2v) is 5.09. The van der Waals surface area contributed by atoms with Crippen molar-refractivity contribution in [2.75, 3.05) is 0 Å². The highest BCUT2D eigenvalue weighted by Gasteiger charge is 2.17. The highest BCUT2D eigenvalue weighted by Crippen LogP contribution is 2.25. The van der Waals surface area contributed by atoms with Crippen molar-refractivity contribution in [1.82, 2.24) is 0 Å². The molecule has 0 fully saturated rings. The van der Waals surface area contributed by atoms with Crippen molar-refractivity contribution in [1.29, 1.82) is 0 Å². The standard InChI is InChI=1S/C11H13FO2S/c1-7(2)15-9-5-3-8(4-6-9)10(12)11(13)14/h3-7,10H,1-2H3,(H,13,14). The molecule has 1 aromatic rings. The van der Waals surface area contributed by atoms with E-state index in [1.165, 1.54) is 12.1 Å². The summed E-state index contributed by atoms with van der Waals surface area (Å²) in [6.07, 6.45) is -1.93. The number of benzene rings is 1. The highest BCUT2D eigenvalue weighted by molar-refractivity contribution is 7.99. The summed E-state index contributed by atoms with van der Waals surface area (Å²) >= 11 is 1.66. The van der Waals surface area contributed by atoms with Gasteiger partial charge in [-0.2, -0.15) is 0 Å². The summed E-state index contributed by atoms with van der Waals surface area (Å²) < 4.78 is 13.0. The van der Waals surface area contributed by atoms with Crippen molar-refractivity contribution < 1.29 is 14.3 Å². The number of rotatable bonds is 4. The van der Waals surface area contributed by atoms with Crippen LogP contribution in [0.4, 0.5) is 4.39 Å². The Morgan fingerprint density at radius 3 is 2.27 bits per heavy atom. The third kappa shape index (κ3) is 3.55. The van der Waals surface area contributed by atoms with Gasteiger partial charge >= 0.3 is 5.97 Å². The van der Waals surface area contributed by atoms with Gasteiger partial charge in [-0.1, -0.05) is 26.0 Å². The lowest BCUT2D eigenvalue weighted by atomic mass is 10.1. The second kappa shape index (κ2) is 5.16. The first-order valence-corrected chi connectivity index (χ1v) is 5.52. The van der Waals surface area contributed by atoms with Crippen LogP contribution in [0, 0.1) is 0 Å². The van der Waals surface area contributed by atoms with Crippen molar-refractivity contribution in [2.24, 2.45) is 0 Å². The third-order valence-electron chi connectivity index (χ3n) is 1.76. The Hall–Kier alpha value is -1.03. The van der Waals surface area contributed by atoms with Crippen LogP contribution in [-0.4, -0.2) is 16.3 Å². The highest BCUT2D eigenvalue weighted by atomic mass is 32.2. The molecule has 4 heteroatoms. The Kier molecular flexibility index (Phi) is 4.15. The van der Waals surface area contributed by atoms with Crippen molar-refractivity contribution >= 4 is 17.7 Å². The molecule has 0 aliphatic rings. The van der Waals surface area contributed by atoms with Gasteiger partial charge in [0.2, 0.25) is 6.17 Å². The minimum atomic E-state index is -1.93. The van der Waals surface area contributed by atoms with Gasteiger partial charge in [0.25, 0.3) is 0 Å². The Labute approximate surface area is 92.5 Å². The predicted molar refractivity (Wildman–Crippen MR) is 58.9 cm³/mol. The lowest BCUT2D eigenvalue weighted by molar-refractivity contribution is -0.143. The molecule has 0 spiro atoms. The number of hydrogen-bond acceptors (Lipinski definition) is 2. The van der Waals surface area contributed by atoms with E-state index in [9.17, 15) is 9.18 Å². The van der Waals surface area contributed by atoms with Gasteiger partial charge in [0.05, 0.1) is 0 Å². The number of thioether (sulfide) groups is 1. The number of carboxylic acids is 1. The van der Waals surface area contributed by atoms with E-state index < -0.39 is 12.1 Å². The molecule has 82 valence electrons. The van der Waals surface area contributed by atoms with E-state index in [4.69, 9.17) is 5.11 Å². The molecule has 0 aliphatic heterocycles. The minimum Gasteiger partial charge on any atom is -0.479 e. The van der Waals surface area contributed by atoms with Crippen LogP contribution in [0.5, 0.6) is 0 Å². The van der Waals surface area contributed by atoms with Crippen LogP contribution >= 0.6 is 11.8 Å². The van der Waals surface area contributed by atoms with Crippen molar-refractivity contribution in [3.05, 3.63) is 29.8 Å². The molecule has 1 atom stereocenters. The molecule has 0 heterocycles. The van der Waals surface area contributed by atoms with Gasteiger partial charge in [-0.25, -0.2) is 9.18 Å². The minimum absolute atomic E-state index is 0.190. The summed E-state index contributed by atoms with van der Waals surface area (Å²) in [4.78, 5) is 11.4. The van der Waals surface area contributed by atoms with Gasteiger partial charge in [0.15, 0.2) is 0 Å². The first kappa shape index (κ1) is 12.0. The number of aliphatic carboxylic acids is 1. The molecular weight excluding hydrogens is 215 g/mol. The van der Waals surface area contributed by atoms with E-state index in [0.29, 0.717) is 5.25 Å². The van der Waals surface area contributed by atoms with Gasteiger partial charge in [0, 0.05) is 10.1 Å². The summed E-state index contributed by atoms with van der Waals surface area (Å²) in [5, 5.41) is 8.93. The number of carboxylic acid groups (broad SMARTS) is 1. The maximum atomic E-state index is 13.0. The van der Waals surface area contributed by atoms with E-state index in [1.807, 2.05) is 0 Å². The van der Waals surface area contributed by atoms with Gasteiger partial charge in [-0.05, 0) is 17.7 Å². The molecule has 0 saturated carbocycles. The molecule has 1 N–H and O–H groups in total. The van der Waals surface area contributed by atoms with E-state index in [-0.39, 0.29) is 5.56 Å². The van der Waals surface area contributed by atoms with Crippen LogP contribution in [0.2, 0.25) is 0 Å². The fraction of sp³-hybridized carbons (Fsp3) is 0.364. The lowest BCUT2D eigenvalue weighted by Crippen LogP contribution is -2.05. The molecule has 0 saturated heterocycles. The Bertz CT molecular complexity index is 335. The SMILES string of the molecule is CC(C)Sc1ccc(C(F)C(=O)O)cc1. The molecule has 0 aromatic heterocycles. The number of alkyl halides is 1. The Morgan fingerprint density at radius 2 is 1.87 bits per heavy atom. The van der Waals surface area contributed by atoms with E-state index in [2.05, 4.69) is 13.8 Å². The van der Waals surface area contributed by atoms with Crippen LogP contribution in [0.15, 0.2) is 29.2 Å². The van der Waals surface area contributed by atoms with Crippen molar-refractivity contribution in [3.63, 3.8) is 0 Å². The number of carbonyl (C=O) groups is 1. The average molecular weight is 228 g/mol. The second-order valence-electron chi connectivity index (χ2n) is 3.44. The summed E-state index contributed by atoms with van der Waals surface area (Å²) in [5.74, 6) is -1.45. The summed E-state index contributed by atoms with van der Waals surface area (Å²) in [6, 6.07) is 6.53. The third-order valence-corrected chi connectivity index (χ3v) is 2.78. The van der Waals surface area contributed by atoms with Crippen LogP contribution < -0.4 is 0 Å². The first-order valence-electron chi connectivity index (χ1n) is 4.64. The van der Waals surface area contributed by atoms with E-state index in [0.717, 1.165) is 4.90 Å². The maximum absolute atomic E-state index is 13.0. The van der Waals surface area contributed by atoms with E-state index in [1.54, 1.807) is 23.9 Å². The van der Waals surface area contributed by atoms with Gasteiger partial charge in [0.1, 0.15) is 0 Å². The predicted octanol–water partition coefficient (Wildman–Crippen LogP) is 3.28. The summed E-state index contributed by atoms with van der Waals surface area (Å²) in [5.41, 5.74) is 0.190. The largest absolute Gasteiger partial charge is 0.479 e. The van der Waals surface area contributed by atoms with Crippen LogP contribution in [-0.2, 0) is 4.79 Å². The normalized spacial score (nSPS) is 12.8. The van der Waals surface area contributed by atoms with Gasteiger partial charge < -0.3 is 5.11 Å². The van der Waals surface area contributed by atoms with E-state index >= 15 is 0 Å². The molecule has 2 nitrogen and oxygen atoms in total. The summed E-state index contributed by atoms with van der Waals surface area (Å²) in [6.45, 7) is 4.13. The fourth-order valence-electron chi connectivity index (χ4n) is 1.13. The van der Waals surface area contributed by atoms with Crippen molar-refractivity contribution in [2.45, 2.75) is 30.2 Å². The van der Waals surface area contributed by atoms with Crippen LogP contribution in [0.25, 0.3) is 0 Å². The molecule has 0 amide bonds. The molecule has 0 bridgehead atoms. The zero-order chi connectivity index (χ0) is 11.4. The average Bonchev–Trinajstić information content (AvgIpc) is 2.17. The zero-order valence-electron chi connectivity index (χ0n) is 8.61. The zero-order valence-corrected chi connectivity index (χ0v) is 9.42. The van der Waals surface area contributed by atoms with Crippen LogP contribution in [0.3, 0.4) is 0 Å². The Balaban J connectivity index is 2.76. The first-order chi connectivity index (χ1) is 7.00. The number of hydrogen-bond donors (Lipinski definition) is 1. The molecule has 15 heavy (non-hydrogen) atoms. The Morgan fingerprint density at radius 1 is 1.33 bits per heavy atom. The molecule has 0 aliphatic carbocycles. The fourth-order valence-corrected chi connectivity index (χ4v) is 1.97. The maximum Gasteiger partial charge on any atom is 0.343 e. The molecule has 0 radical (unpaired) electrons.